The van der Waals surface area contributed by atoms with Crippen LogP contribution in [0.3, 0.4) is 0 Å². The van der Waals surface area contributed by atoms with Crippen LogP contribution < -0.4 is 4.74 Å². The van der Waals surface area contributed by atoms with Crippen LogP contribution in [0, 0.1) is 10.8 Å². The van der Waals surface area contributed by atoms with Crippen LogP contribution in [0.1, 0.15) is 51.9 Å². The Balaban J connectivity index is 2.86. The Morgan fingerprint density at radius 3 is 1.79 bits per heavy atom. The van der Waals surface area contributed by atoms with Crippen LogP contribution >= 0.6 is 0 Å². The van der Waals surface area contributed by atoms with E-state index in [-0.39, 0.29) is 17.2 Å². The second kappa shape index (κ2) is 5.16. The number of carbonyl (C=O) groups is 2. The normalized spacial score (nSPS) is 12.1. The van der Waals surface area contributed by atoms with Gasteiger partial charge in [-0.2, -0.15) is 0 Å². The molecule has 0 aliphatic rings. The van der Waals surface area contributed by atoms with Gasteiger partial charge in [-0.05, 0) is 50.5 Å². The van der Waals surface area contributed by atoms with Gasteiger partial charge < -0.3 is 4.74 Å². The third-order valence-corrected chi connectivity index (χ3v) is 3.86. The quantitative estimate of drug-likeness (QED) is 0.472. The predicted octanol–water partition coefficient (Wildman–Crippen LogP) is 3.87. The summed E-state index contributed by atoms with van der Waals surface area (Å²) < 4.78 is 5.39. The van der Waals surface area contributed by atoms with E-state index in [0.29, 0.717) is 11.3 Å². The van der Waals surface area contributed by atoms with Gasteiger partial charge in [0.15, 0.2) is 5.78 Å². The fraction of sp³-hybridized carbons (Fsp3) is 0.500. The van der Waals surface area contributed by atoms with Crippen LogP contribution in [-0.4, -0.2) is 11.8 Å². The number of hydrogen-bond acceptors (Lipinski definition) is 3. The topological polar surface area (TPSA) is 43.4 Å². The zero-order chi connectivity index (χ0) is 14.8. The van der Waals surface area contributed by atoms with E-state index in [0.717, 1.165) is 0 Å². The molecule has 3 nitrogen and oxygen atoms in total. The number of hydrogen-bond donors (Lipinski definition) is 0. The Kier molecular flexibility index (Phi) is 4.18. The lowest BCUT2D eigenvalue weighted by Gasteiger charge is -2.36. The minimum absolute atomic E-state index is 0.00658. The maximum absolute atomic E-state index is 12.2. The van der Waals surface area contributed by atoms with E-state index < -0.39 is 5.41 Å². The molecule has 3 heteroatoms. The molecule has 0 unspecified atom stereocenters. The highest BCUT2D eigenvalue weighted by molar-refractivity contribution is 5.94. The summed E-state index contributed by atoms with van der Waals surface area (Å²) >= 11 is 0. The molecule has 0 amide bonds. The molecule has 0 N–H and O–H groups in total. The largest absolute Gasteiger partial charge is 0.426 e. The molecule has 0 bridgehead atoms. The molecule has 1 rings (SSSR count). The number of ether oxygens (including phenoxy) is 1. The van der Waals surface area contributed by atoms with Crippen LogP contribution in [0.5, 0.6) is 5.75 Å². The highest BCUT2D eigenvalue weighted by Gasteiger charge is 2.41. The van der Waals surface area contributed by atoms with Crippen molar-refractivity contribution in [2.24, 2.45) is 10.8 Å². The molecular weight excluding hydrogens is 240 g/mol. The fourth-order valence-corrected chi connectivity index (χ4v) is 1.30. The highest BCUT2D eigenvalue weighted by atomic mass is 16.5. The van der Waals surface area contributed by atoms with Gasteiger partial charge in [-0.25, -0.2) is 0 Å². The van der Waals surface area contributed by atoms with E-state index in [1.807, 2.05) is 34.6 Å². The molecule has 104 valence electrons. The first-order valence-electron chi connectivity index (χ1n) is 6.39. The minimum Gasteiger partial charge on any atom is -0.426 e. The summed E-state index contributed by atoms with van der Waals surface area (Å²) in [5, 5.41) is 0. The first kappa shape index (κ1) is 15.4. The van der Waals surface area contributed by atoms with E-state index in [2.05, 4.69) is 0 Å². The van der Waals surface area contributed by atoms with Gasteiger partial charge in [0.25, 0.3) is 0 Å². The predicted molar refractivity (Wildman–Crippen MR) is 75.3 cm³/mol. The molecule has 1 aromatic carbocycles. The molecule has 0 spiro atoms. The molecule has 0 atom stereocenters. The Hall–Kier alpha value is -1.64. The van der Waals surface area contributed by atoms with Crippen molar-refractivity contribution in [3.8, 4) is 5.75 Å². The van der Waals surface area contributed by atoms with Crippen molar-refractivity contribution in [3.05, 3.63) is 29.8 Å². The van der Waals surface area contributed by atoms with E-state index in [1.165, 1.54) is 6.92 Å². The van der Waals surface area contributed by atoms with Crippen molar-refractivity contribution < 1.29 is 14.3 Å². The van der Waals surface area contributed by atoms with Gasteiger partial charge in [0, 0.05) is 5.56 Å². The molecule has 19 heavy (non-hydrogen) atoms. The molecule has 0 aliphatic carbocycles. The lowest BCUT2D eigenvalue weighted by Crippen LogP contribution is -2.40. The van der Waals surface area contributed by atoms with Crippen LogP contribution in [0.2, 0.25) is 0 Å². The Bertz CT molecular complexity index is 476. The maximum Gasteiger partial charge on any atom is 0.317 e. The van der Waals surface area contributed by atoms with E-state index >= 15 is 0 Å². The molecule has 0 saturated carbocycles. The van der Waals surface area contributed by atoms with Crippen LogP contribution in [0.15, 0.2) is 24.3 Å². The van der Waals surface area contributed by atoms with E-state index in [4.69, 9.17) is 4.74 Å². The van der Waals surface area contributed by atoms with Crippen molar-refractivity contribution in [3.63, 3.8) is 0 Å². The van der Waals surface area contributed by atoms with Gasteiger partial charge in [-0.3, -0.25) is 9.59 Å². The Labute approximate surface area is 115 Å². The van der Waals surface area contributed by atoms with Gasteiger partial charge in [-0.15, -0.1) is 0 Å². The summed E-state index contributed by atoms with van der Waals surface area (Å²) in [5.74, 6) is 0.191. The third kappa shape index (κ3) is 3.43. The SMILES string of the molecule is CC(=O)c1ccc(OC(=O)C(C)(C)C(C)(C)C)cc1. The maximum atomic E-state index is 12.2. The molecule has 0 saturated heterocycles. The van der Waals surface area contributed by atoms with Gasteiger partial charge in [0.1, 0.15) is 5.75 Å². The van der Waals surface area contributed by atoms with E-state index in [9.17, 15) is 9.59 Å². The highest BCUT2D eigenvalue weighted by Crippen LogP contribution is 2.39. The smallest absolute Gasteiger partial charge is 0.317 e. The number of benzene rings is 1. The average molecular weight is 262 g/mol. The Morgan fingerprint density at radius 1 is 0.947 bits per heavy atom. The number of rotatable bonds is 3. The molecule has 0 fully saturated rings. The van der Waals surface area contributed by atoms with Crippen molar-refractivity contribution in [1.82, 2.24) is 0 Å². The third-order valence-electron chi connectivity index (χ3n) is 3.86. The van der Waals surface area contributed by atoms with Gasteiger partial charge in [0.2, 0.25) is 0 Å². The summed E-state index contributed by atoms with van der Waals surface area (Å²) in [5.41, 5.74) is -0.176. The second-order valence-corrected chi connectivity index (χ2v) is 6.35. The summed E-state index contributed by atoms with van der Waals surface area (Å²) in [6.45, 7) is 11.3. The summed E-state index contributed by atoms with van der Waals surface area (Å²) in [4.78, 5) is 23.4. The van der Waals surface area contributed by atoms with Gasteiger partial charge in [-0.1, -0.05) is 20.8 Å². The molecule has 1 aromatic rings. The van der Waals surface area contributed by atoms with Crippen molar-refractivity contribution >= 4 is 11.8 Å². The zero-order valence-electron chi connectivity index (χ0n) is 12.5. The standard InChI is InChI=1S/C16H22O3/c1-11(17)12-7-9-13(10-8-12)19-14(18)16(5,6)15(2,3)4/h7-10H,1-6H3. The van der Waals surface area contributed by atoms with E-state index in [1.54, 1.807) is 24.3 Å². The van der Waals surface area contributed by atoms with Crippen LogP contribution in [-0.2, 0) is 4.79 Å². The molecular formula is C16H22O3. The average Bonchev–Trinajstić information content (AvgIpc) is 2.28. The number of carbonyl (C=O) groups excluding carboxylic acids is 2. The molecule has 0 aromatic heterocycles. The summed E-state index contributed by atoms with van der Waals surface area (Å²) in [6, 6.07) is 6.62. The van der Waals surface area contributed by atoms with Gasteiger partial charge in [0.05, 0.1) is 5.41 Å². The Morgan fingerprint density at radius 2 is 1.42 bits per heavy atom. The van der Waals surface area contributed by atoms with Crippen molar-refractivity contribution in [2.45, 2.75) is 41.5 Å². The fourth-order valence-electron chi connectivity index (χ4n) is 1.30. The number of Topliss-reactive ketones (excluding diaryl/α,β-unsaturated/α-hetero) is 1. The van der Waals surface area contributed by atoms with Crippen LogP contribution in [0.25, 0.3) is 0 Å². The van der Waals surface area contributed by atoms with Crippen LogP contribution in [0.4, 0.5) is 0 Å². The summed E-state index contributed by atoms with van der Waals surface area (Å²) in [6.07, 6.45) is 0. The number of ketones is 1. The first-order chi connectivity index (χ1) is 8.55. The lowest BCUT2D eigenvalue weighted by molar-refractivity contribution is -0.150. The van der Waals surface area contributed by atoms with Crippen molar-refractivity contribution in [1.29, 1.82) is 0 Å². The molecule has 0 heterocycles. The second-order valence-electron chi connectivity index (χ2n) is 6.35. The molecule has 0 aliphatic heterocycles. The van der Waals surface area contributed by atoms with Crippen molar-refractivity contribution in [2.75, 3.05) is 0 Å². The van der Waals surface area contributed by atoms with Gasteiger partial charge >= 0.3 is 5.97 Å². The first-order valence-corrected chi connectivity index (χ1v) is 6.39. The number of esters is 1. The molecule has 0 radical (unpaired) electrons. The monoisotopic (exact) mass is 262 g/mol. The summed E-state index contributed by atoms with van der Waals surface area (Å²) in [7, 11) is 0. The minimum atomic E-state index is -0.591. The zero-order valence-corrected chi connectivity index (χ0v) is 12.5. The lowest BCUT2D eigenvalue weighted by atomic mass is 9.69.